The summed E-state index contributed by atoms with van der Waals surface area (Å²) in [5.74, 6) is -1.45. The number of halogens is 3. The van der Waals surface area contributed by atoms with Crippen LogP contribution >= 0.6 is 34.8 Å². The first-order valence-corrected chi connectivity index (χ1v) is 12.4. The Morgan fingerprint density at radius 2 is 1.76 bits per heavy atom. The minimum Gasteiger partial charge on any atom is -0.369 e. The molecule has 0 bridgehead atoms. The summed E-state index contributed by atoms with van der Waals surface area (Å²) in [7, 11) is 0. The number of nitrogens with one attached hydrogen (secondary N) is 1. The van der Waals surface area contributed by atoms with Crippen molar-refractivity contribution in [2.45, 2.75) is 25.8 Å². The number of amides is 1. The van der Waals surface area contributed by atoms with Gasteiger partial charge in [0.1, 0.15) is 5.92 Å². The van der Waals surface area contributed by atoms with Crippen molar-refractivity contribution < 1.29 is 4.79 Å². The summed E-state index contributed by atoms with van der Waals surface area (Å²) in [5, 5.41) is 4.85. The Kier molecular flexibility index (Phi) is 8.12. The van der Waals surface area contributed by atoms with Crippen molar-refractivity contribution in [3.8, 4) is 11.3 Å². The zero-order chi connectivity index (χ0) is 24.2. The fourth-order valence-corrected chi connectivity index (χ4v) is 5.20. The lowest BCUT2D eigenvalue weighted by atomic mass is 9.92. The largest absolute Gasteiger partial charge is 0.369 e. The molecule has 2 heterocycles. The first-order chi connectivity index (χ1) is 16.3. The molecule has 8 heteroatoms. The molecule has 178 valence electrons. The Morgan fingerprint density at radius 1 is 1.06 bits per heavy atom. The third-order valence-corrected chi connectivity index (χ3v) is 7.22. The molecule has 2 aromatic carbocycles. The minimum absolute atomic E-state index is 0.377. The van der Waals surface area contributed by atoms with Crippen LogP contribution in [0.5, 0.6) is 0 Å². The van der Waals surface area contributed by atoms with E-state index in [0.29, 0.717) is 26.3 Å². The third kappa shape index (κ3) is 5.56. The maximum atomic E-state index is 12.7. The van der Waals surface area contributed by atoms with E-state index in [1.807, 2.05) is 31.2 Å². The highest BCUT2D eigenvalue weighted by molar-refractivity contribution is 6.36. The number of nitrogens with zero attached hydrogens (tertiary/aromatic N) is 2. The van der Waals surface area contributed by atoms with Crippen molar-refractivity contribution in [2.75, 3.05) is 26.2 Å². The highest BCUT2D eigenvalue weighted by Crippen LogP contribution is 2.37. The van der Waals surface area contributed by atoms with E-state index in [1.54, 1.807) is 18.2 Å². The molecule has 1 fully saturated rings. The number of hydrogen-bond donors (Lipinski definition) is 2. The van der Waals surface area contributed by atoms with Crippen LogP contribution in [0.4, 0.5) is 0 Å². The average Bonchev–Trinajstić information content (AvgIpc) is 3.06. The van der Waals surface area contributed by atoms with E-state index < -0.39 is 11.8 Å². The molecule has 0 saturated carbocycles. The second-order valence-electron chi connectivity index (χ2n) is 8.55. The van der Waals surface area contributed by atoms with Gasteiger partial charge in [-0.1, -0.05) is 53.0 Å². The number of carbonyl (C=O) groups is 1. The standard InChI is InChI=1S/C26H27Cl3N4O/c1-16-18(5-2-6-19(16)27)22-13-17(15-33-11-4-9-31-10-12-33)14-23(32-22)25(26(30)34)24-20(28)7-3-8-21(24)29/h2-3,5-8,13-14,25,31H,4,9-12,15H2,1H3,(H2,30,34). The van der Waals surface area contributed by atoms with Crippen LogP contribution in [0.25, 0.3) is 11.3 Å². The van der Waals surface area contributed by atoms with Gasteiger partial charge in [-0.25, -0.2) is 0 Å². The number of hydrogen-bond acceptors (Lipinski definition) is 4. The molecule has 0 spiro atoms. The van der Waals surface area contributed by atoms with Crippen LogP contribution in [-0.4, -0.2) is 42.0 Å². The molecule has 34 heavy (non-hydrogen) atoms. The molecule has 3 N–H and O–H groups in total. The van der Waals surface area contributed by atoms with E-state index >= 15 is 0 Å². The molecular formula is C26H27Cl3N4O. The van der Waals surface area contributed by atoms with E-state index in [9.17, 15) is 4.79 Å². The molecule has 1 atom stereocenters. The summed E-state index contributed by atoms with van der Waals surface area (Å²) in [6.07, 6.45) is 1.08. The monoisotopic (exact) mass is 516 g/mol. The van der Waals surface area contributed by atoms with Crippen molar-refractivity contribution in [3.05, 3.63) is 86.0 Å². The van der Waals surface area contributed by atoms with Gasteiger partial charge in [-0.2, -0.15) is 0 Å². The number of rotatable bonds is 6. The van der Waals surface area contributed by atoms with E-state index in [4.69, 9.17) is 45.5 Å². The fraction of sp³-hybridized carbons (Fsp3) is 0.308. The summed E-state index contributed by atoms with van der Waals surface area (Å²) in [5.41, 5.74) is 10.5. The van der Waals surface area contributed by atoms with Gasteiger partial charge in [-0.05, 0) is 67.9 Å². The van der Waals surface area contributed by atoms with Crippen LogP contribution in [0.3, 0.4) is 0 Å². The lowest BCUT2D eigenvalue weighted by molar-refractivity contribution is -0.118. The molecule has 1 aromatic heterocycles. The van der Waals surface area contributed by atoms with Crippen LogP contribution in [0, 0.1) is 6.92 Å². The summed E-state index contributed by atoms with van der Waals surface area (Å²) in [4.78, 5) is 20.0. The average molecular weight is 518 g/mol. The topological polar surface area (TPSA) is 71.2 Å². The van der Waals surface area contributed by atoms with Gasteiger partial charge in [0.15, 0.2) is 0 Å². The van der Waals surface area contributed by atoms with Crippen LogP contribution in [0.2, 0.25) is 15.1 Å². The number of benzene rings is 2. The fourth-order valence-electron chi connectivity index (χ4n) is 4.41. The second kappa shape index (κ2) is 11.1. The van der Waals surface area contributed by atoms with Gasteiger partial charge in [0.25, 0.3) is 0 Å². The van der Waals surface area contributed by atoms with Crippen molar-refractivity contribution in [1.82, 2.24) is 15.2 Å². The Labute approximate surface area is 215 Å². The maximum Gasteiger partial charge on any atom is 0.231 e. The third-order valence-electron chi connectivity index (χ3n) is 6.16. The lowest BCUT2D eigenvalue weighted by Crippen LogP contribution is -2.28. The Balaban J connectivity index is 1.86. The van der Waals surface area contributed by atoms with E-state index in [1.165, 1.54) is 0 Å². The molecule has 3 aromatic rings. The molecular weight excluding hydrogens is 491 g/mol. The van der Waals surface area contributed by atoms with Crippen molar-refractivity contribution in [2.24, 2.45) is 5.73 Å². The van der Waals surface area contributed by atoms with Crippen molar-refractivity contribution >= 4 is 40.7 Å². The van der Waals surface area contributed by atoms with Gasteiger partial charge < -0.3 is 11.1 Å². The van der Waals surface area contributed by atoms with Gasteiger partial charge in [0.2, 0.25) is 5.91 Å². The minimum atomic E-state index is -0.884. The maximum absolute atomic E-state index is 12.7. The molecule has 0 radical (unpaired) electrons. The summed E-state index contributed by atoms with van der Waals surface area (Å²) >= 11 is 19.4. The van der Waals surface area contributed by atoms with Crippen LogP contribution in [0.1, 0.15) is 34.7 Å². The molecule has 1 saturated heterocycles. The summed E-state index contributed by atoms with van der Waals surface area (Å²) in [6.45, 7) is 6.58. The van der Waals surface area contributed by atoms with Gasteiger partial charge in [-0.3, -0.25) is 14.7 Å². The van der Waals surface area contributed by atoms with Gasteiger partial charge in [0.05, 0.1) is 11.4 Å². The summed E-state index contributed by atoms with van der Waals surface area (Å²) < 4.78 is 0. The number of aromatic nitrogens is 1. The second-order valence-corrected chi connectivity index (χ2v) is 9.77. The predicted molar refractivity (Wildman–Crippen MR) is 140 cm³/mol. The highest BCUT2D eigenvalue weighted by atomic mass is 35.5. The zero-order valence-electron chi connectivity index (χ0n) is 19.0. The van der Waals surface area contributed by atoms with Gasteiger partial charge in [0, 0.05) is 45.8 Å². The predicted octanol–water partition coefficient (Wildman–Crippen LogP) is 5.43. The zero-order valence-corrected chi connectivity index (χ0v) is 21.2. The SMILES string of the molecule is Cc1c(Cl)cccc1-c1cc(CN2CCCNCC2)cc(C(C(N)=O)c2c(Cl)cccc2Cl)n1. The van der Waals surface area contributed by atoms with Gasteiger partial charge in [-0.15, -0.1) is 0 Å². The number of carbonyl (C=O) groups excluding carboxylic acids is 1. The molecule has 1 unspecified atom stereocenters. The molecule has 4 rings (SSSR count). The highest BCUT2D eigenvalue weighted by Gasteiger charge is 2.28. The lowest BCUT2D eigenvalue weighted by Gasteiger charge is -2.22. The normalized spacial score (nSPS) is 15.6. The first kappa shape index (κ1) is 25.0. The molecule has 1 aliphatic rings. The van der Waals surface area contributed by atoms with Crippen molar-refractivity contribution in [1.29, 1.82) is 0 Å². The van der Waals surface area contributed by atoms with Gasteiger partial charge >= 0.3 is 0 Å². The number of primary amides is 1. The quantitative estimate of drug-likeness (QED) is 0.457. The van der Waals surface area contributed by atoms with Crippen LogP contribution in [-0.2, 0) is 11.3 Å². The molecule has 1 aliphatic heterocycles. The Morgan fingerprint density at radius 3 is 2.50 bits per heavy atom. The van der Waals surface area contributed by atoms with E-state index in [0.717, 1.165) is 61.5 Å². The smallest absolute Gasteiger partial charge is 0.231 e. The number of nitrogens with two attached hydrogens (primary N) is 1. The Hall–Kier alpha value is -2.15. The van der Waals surface area contributed by atoms with E-state index in [2.05, 4.69) is 16.3 Å². The van der Waals surface area contributed by atoms with Crippen LogP contribution in [0.15, 0.2) is 48.5 Å². The molecule has 5 nitrogen and oxygen atoms in total. The Bertz CT molecular complexity index is 1170. The van der Waals surface area contributed by atoms with Crippen LogP contribution < -0.4 is 11.1 Å². The summed E-state index contributed by atoms with van der Waals surface area (Å²) in [6, 6.07) is 14.9. The van der Waals surface area contributed by atoms with E-state index in [-0.39, 0.29) is 0 Å². The molecule has 1 amide bonds. The number of pyridine rings is 1. The van der Waals surface area contributed by atoms with Crippen molar-refractivity contribution in [3.63, 3.8) is 0 Å². The first-order valence-electron chi connectivity index (χ1n) is 11.3. The molecule has 0 aliphatic carbocycles.